The van der Waals surface area contributed by atoms with Crippen molar-refractivity contribution in [3.05, 3.63) is 76.4 Å². The Morgan fingerprint density at radius 3 is 2.38 bits per heavy atom. The number of carbonyl (C=O) groups is 2. The molecule has 2 rings (SSSR count). The molecule has 1 amide bonds. The normalized spacial score (nSPS) is 11.0. The van der Waals surface area contributed by atoms with Gasteiger partial charge in [0.25, 0.3) is 5.91 Å². The molecule has 0 bridgehead atoms. The summed E-state index contributed by atoms with van der Waals surface area (Å²) in [5.74, 6) is -0.944. The van der Waals surface area contributed by atoms with Crippen LogP contribution in [0.2, 0.25) is 5.02 Å². The van der Waals surface area contributed by atoms with E-state index < -0.39 is 5.97 Å². The predicted molar refractivity (Wildman–Crippen MR) is 94.6 cm³/mol. The van der Waals surface area contributed by atoms with Gasteiger partial charge in [-0.05, 0) is 42.3 Å². The van der Waals surface area contributed by atoms with E-state index in [2.05, 4.69) is 5.32 Å². The van der Waals surface area contributed by atoms with Gasteiger partial charge in [-0.1, -0.05) is 48.9 Å². The van der Waals surface area contributed by atoms with Gasteiger partial charge in [0.15, 0.2) is 0 Å². The van der Waals surface area contributed by atoms with Crippen molar-refractivity contribution >= 4 is 29.6 Å². The van der Waals surface area contributed by atoms with Crippen LogP contribution >= 0.6 is 11.6 Å². The first kappa shape index (κ1) is 17.8. The molecular weight excluding hydrogens is 326 g/mol. The third-order valence-corrected chi connectivity index (χ3v) is 3.37. The lowest BCUT2D eigenvalue weighted by atomic mass is 10.1. The Labute approximate surface area is 146 Å². The second-order valence-corrected chi connectivity index (χ2v) is 5.50. The topological polar surface area (TPSA) is 55.4 Å². The van der Waals surface area contributed by atoms with E-state index in [-0.39, 0.29) is 18.2 Å². The van der Waals surface area contributed by atoms with E-state index in [0.29, 0.717) is 17.0 Å². The monoisotopic (exact) mass is 343 g/mol. The maximum atomic E-state index is 12.3. The van der Waals surface area contributed by atoms with Gasteiger partial charge in [-0.15, -0.1) is 0 Å². The fourth-order valence-electron chi connectivity index (χ4n) is 1.93. The van der Waals surface area contributed by atoms with E-state index in [1.54, 1.807) is 54.6 Å². The number of benzene rings is 2. The first-order valence-electron chi connectivity index (χ1n) is 7.61. The zero-order valence-electron chi connectivity index (χ0n) is 13.3. The van der Waals surface area contributed by atoms with Crippen molar-refractivity contribution in [2.75, 3.05) is 6.61 Å². The maximum absolute atomic E-state index is 12.3. The van der Waals surface area contributed by atoms with Gasteiger partial charge in [-0.2, -0.15) is 0 Å². The second kappa shape index (κ2) is 8.89. The van der Waals surface area contributed by atoms with Crippen LogP contribution in [-0.2, 0) is 9.53 Å². The number of carbonyl (C=O) groups excluding carboxylic acids is 2. The number of rotatable bonds is 6. The maximum Gasteiger partial charge on any atom is 0.354 e. The zero-order chi connectivity index (χ0) is 17.4. The van der Waals surface area contributed by atoms with Gasteiger partial charge in [0.2, 0.25) is 0 Å². The highest BCUT2D eigenvalue weighted by Gasteiger charge is 2.15. The highest BCUT2D eigenvalue weighted by Crippen LogP contribution is 2.13. The van der Waals surface area contributed by atoms with Gasteiger partial charge in [0, 0.05) is 10.6 Å². The number of hydrogen-bond donors (Lipinski definition) is 1. The molecule has 24 heavy (non-hydrogen) atoms. The van der Waals surface area contributed by atoms with Crippen molar-refractivity contribution in [2.45, 2.75) is 13.3 Å². The lowest BCUT2D eigenvalue weighted by Gasteiger charge is -2.10. The molecule has 0 spiro atoms. The number of amides is 1. The molecule has 0 atom stereocenters. The van der Waals surface area contributed by atoms with Crippen molar-refractivity contribution in [1.29, 1.82) is 0 Å². The number of halogens is 1. The lowest BCUT2D eigenvalue weighted by molar-refractivity contribution is -0.139. The van der Waals surface area contributed by atoms with E-state index in [4.69, 9.17) is 16.3 Å². The van der Waals surface area contributed by atoms with Crippen LogP contribution in [0.5, 0.6) is 0 Å². The van der Waals surface area contributed by atoms with E-state index in [1.807, 2.05) is 13.0 Å². The molecule has 4 nitrogen and oxygen atoms in total. The zero-order valence-corrected chi connectivity index (χ0v) is 14.0. The van der Waals surface area contributed by atoms with Crippen LogP contribution in [0.3, 0.4) is 0 Å². The summed E-state index contributed by atoms with van der Waals surface area (Å²) in [6, 6.07) is 15.6. The molecule has 0 aliphatic rings. The van der Waals surface area contributed by atoms with Gasteiger partial charge < -0.3 is 10.1 Å². The number of nitrogens with one attached hydrogen (secondary N) is 1. The number of esters is 1. The summed E-state index contributed by atoms with van der Waals surface area (Å²) < 4.78 is 5.14. The molecule has 0 aliphatic heterocycles. The van der Waals surface area contributed by atoms with E-state index in [9.17, 15) is 9.59 Å². The molecular formula is C19H18ClNO3. The molecule has 0 unspecified atom stereocenters. The van der Waals surface area contributed by atoms with Gasteiger partial charge in [0.1, 0.15) is 5.70 Å². The molecule has 0 aliphatic carbocycles. The van der Waals surface area contributed by atoms with Crippen LogP contribution in [0.1, 0.15) is 29.3 Å². The highest BCUT2D eigenvalue weighted by molar-refractivity contribution is 6.30. The van der Waals surface area contributed by atoms with Crippen LogP contribution in [0.15, 0.2) is 60.3 Å². The van der Waals surface area contributed by atoms with Gasteiger partial charge in [-0.3, -0.25) is 4.79 Å². The van der Waals surface area contributed by atoms with Crippen LogP contribution in [0.4, 0.5) is 0 Å². The summed E-state index contributed by atoms with van der Waals surface area (Å²) in [6.07, 6.45) is 2.27. The highest BCUT2D eigenvalue weighted by atomic mass is 35.5. The summed E-state index contributed by atoms with van der Waals surface area (Å²) in [5, 5.41) is 3.21. The van der Waals surface area contributed by atoms with Crippen LogP contribution in [0, 0.1) is 0 Å². The largest absolute Gasteiger partial charge is 0.461 e. The molecule has 0 aromatic heterocycles. The van der Waals surface area contributed by atoms with Crippen molar-refractivity contribution in [2.24, 2.45) is 0 Å². The van der Waals surface area contributed by atoms with Gasteiger partial charge in [-0.25, -0.2) is 4.79 Å². The molecule has 0 saturated carbocycles. The van der Waals surface area contributed by atoms with E-state index >= 15 is 0 Å². The Bertz CT molecular complexity index is 724. The summed E-state index contributed by atoms with van der Waals surface area (Å²) in [7, 11) is 0. The summed E-state index contributed by atoms with van der Waals surface area (Å²) >= 11 is 5.86. The summed E-state index contributed by atoms with van der Waals surface area (Å²) in [6.45, 7) is 2.19. The van der Waals surface area contributed by atoms with Crippen molar-refractivity contribution in [3.63, 3.8) is 0 Å². The van der Waals surface area contributed by atoms with E-state index in [0.717, 1.165) is 5.56 Å². The van der Waals surface area contributed by atoms with Gasteiger partial charge in [0.05, 0.1) is 6.61 Å². The molecule has 2 aromatic rings. The minimum Gasteiger partial charge on any atom is -0.461 e. The SMILES string of the molecule is CCCOC(=O)/C(=C\c1ccc(Cl)cc1)NC(=O)c1ccccc1. The average molecular weight is 344 g/mol. The Balaban J connectivity index is 2.23. The second-order valence-electron chi connectivity index (χ2n) is 5.07. The lowest BCUT2D eigenvalue weighted by Crippen LogP contribution is -2.28. The summed E-state index contributed by atoms with van der Waals surface area (Å²) in [5.41, 5.74) is 1.28. The molecule has 2 aromatic carbocycles. The average Bonchev–Trinajstić information content (AvgIpc) is 2.61. The summed E-state index contributed by atoms with van der Waals surface area (Å²) in [4.78, 5) is 24.5. The number of hydrogen-bond acceptors (Lipinski definition) is 3. The minimum absolute atomic E-state index is 0.0830. The first-order valence-corrected chi connectivity index (χ1v) is 7.98. The standard InChI is InChI=1S/C19H18ClNO3/c1-2-12-24-19(23)17(13-14-8-10-16(20)11-9-14)21-18(22)15-6-4-3-5-7-15/h3-11,13H,2,12H2,1H3,(H,21,22)/b17-13+. The predicted octanol–water partition coefficient (Wildman–Crippen LogP) is 4.06. The molecule has 0 radical (unpaired) electrons. The van der Waals surface area contributed by atoms with Crippen LogP contribution in [-0.4, -0.2) is 18.5 Å². The Morgan fingerprint density at radius 1 is 1.08 bits per heavy atom. The Hall–Kier alpha value is -2.59. The molecule has 0 heterocycles. The molecule has 5 heteroatoms. The van der Waals surface area contributed by atoms with Crippen molar-refractivity contribution in [1.82, 2.24) is 5.32 Å². The number of ether oxygens (including phenoxy) is 1. The molecule has 124 valence electrons. The quantitative estimate of drug-likeness (QED) is 0.635. The Kier molecular flexibility index (Phi) is 6.58. The van der Waals surface area contributed by atoms with Crippen LogP contribution < -0.4 is 5.32 Å². The fourth-order valence-corrected chi connectivity index (χ4v) is 2.05. The Morgan fingerprint density at radius 2 is 1.75 bits per heavy atom. The third kappa shape index (κ3) is 5.25. The van der Waals surface area contributed by atoms with Crippen molar-refractivity contribution in [3.8, 4) is 0 Å². The fraction of sp³-hybridized carbons (Fsp3) is 0.158. The first-order chi connectivity index (χ1) is 11.6. The minimum atomic E-state index is -0.573. The molecule has 0 saturated heterocycles. The smallest absolute Gasteiger partial charge is 0.354 e. The molecule has 0 fully saturated rings. The van der Waals surface area contributed by atoms with Crippen molar-refractivity contribution < 1.29 is 14.3 Å². The third-order valence-electron chi connectivity index (χ3n) is 3.12. The van der Waals surface area contributed by atoms with E-state index in [1.165, 1.54) is 0 Å². The van der Waals surface area contributed by atoms with Crippen LogP contribution in [0.25, 0.3) is 6.08 Å². The molecule has 1 N–H and O–H groups in total. The van der Waals surface area contributed by atoms with Gasteiger partial charge >= 0.3 is 5.97 Å².